The molecule has 0 aliphatic carbocycles. The maximum absolute atomic E-state index is 8.88. The van der Waals surface area contributed by atoms with Crippen LogP contribution in [0.3, 0.4) is 0 Å². The van der Waals surface area contributed by atoms with Gasteiger partial charge in [0.1, 0.15) is 0 Å². The third-order valence-corrected chi connectivity index (χ3v) is 5.20. The van der Waals surface area contributed by atoms with E-state index in [1.165, 1.54) is 0 Å². The van der Waals surface area contributed by atoms with E-state index in [0.29, 0.717) is 0 Å². The summed E-state index contributed by atoms with van der Waals surface area (Å²) in [6.07, 6.45) is 0. The lowest BCUT2D eigenvalue weighted by Gasteiger charge is -2.05. The predicted octanol–water partition coefficient (Wildman–Crippen LogP) is -2.00. The third-order valence-electron chi connectivity index (χ3n) is 1.73. The molecule has 0 rings (SSSR count). The van der Waals surface area contributed by atoms with Gasteiger partial charge in [0.2, 0.25) is 0 Å². The highest BCUT2D eigenvalue weighted by atomic mass is 31.2. The molecule has 0 aliphatic rings. The third kappa shape index (κ3) is 39.5. The highest BCUT2D eigenvalue weighted by molar-refractivity contribution is 7.45. The zero-order chi connectivity index (χ0) is 21.6. The Morgan fingerprint density at radius 2 is 0.538 bits per heavy atom. The summed E-state index contributed by atoms with van der Waals surface area (Å²) in [7, 11) is 4.51. The summed E-state index contributed by atoms with van der Waals surface area (Å²) >= 11 is 0. The van der Waals surface area contributed by atoms with Crippen molar-refractivity contribution in [2.45, 2.75) is 0 Å². The molecule has 0 spiro atoms. The van der Waals surface area contributed by atoms with Gasteiger partial charge in [-0.15, -0.1) is 0 Å². The first-order valence-electron chi connectivity index (χ1n) is 6.58. The second-order valence-electron chi connectivity index (χ2n) is 3.50. The van der Waals surface area contributed by atoms with Crippen LogP contribution in [0.25, 0.3) is 0 Å². The van der Waals surface area contributed by atoms with Gasteiger partial charge in [-0.05, 0) is 0 Å². The zero-order valence-corrected chi connectivity index (χ0v) is 21.0. The summed E-state index contributed by atoms with van der Waals surface area (Å²) in [4.78, 5) is 21.6. The summed E-state index contributed by atoms with van der Waals surface area (Å²) in [5, 5.41) is 0. The lowest BCUT2D eigenvalue weighted by atomic mass is 11.8. The van der Waals surface area contributed by atoms with Crippen LogP contribution in [-0.4, -0.2) is 107 Å². The Hall–Kier alpha value is 0.401. The summed E-state index contributed by atoms with van der Waals surface area (Å²) in [5.41, 5.74) is 0. The molecule has 0 fully saturated rings. The molecule has 0 aromatic carbocycles. The van der Waals surface area contributed by atoms with E-state index in [2.05, 4.69) is 0 Å². The highest BCUT2D eigenvalue weighted by Crippen LogP contribution is 2.25. The second kappa shape index (κ2) is 25.4. The zero-order valence-electron chi connectivity index (χ0n) is 16.6. The monoisotopic (exact) mass is 464 g/mol. The molecule has 13 nitrogen and oxygen atoms in total. The molecule has 0 bridgehead atoms. The van der Waals surface area contributed by atoms with Crippen molar-refractivity contribution in [3.05, 3.63) is 0 Å². The first-order chi connectivity index (χ1) is 12.0. The van der Waals surface area contributed by atoms with Crippen LogP contribution >= 0.6 is 7.82 Å². The van der Waals surface area contributed by atoms with Crippen molar-refractivity contribution in [2.75, 3.05) is 64.0 Å². The van der Waals surface area contributed by atoms with Crippen LogP contribution in [0.4, 0.5) is 0 Å². The van der Waals surface area contributed by atoms with Crippen LogP contribution in [0.15, 0.2) is 0 Å². The smallest absolute Gasteiger partial charge is 0.379 e. The number of hydrogen-bond acceptors (Lipinski definition) is 10. The normalized spacial score (nSPS) is 10.6. The van der Waals surface area contributed by atoms with Gasteiger partial charge in [0, 0.05) is 64.0 Å². The Labute approximate surface area is 160 Å². The van der Waals surface area contributed by atoms with Crippen LogP contribution in [0.5, 0.6) is 0 Å². The van der Waals surface area contributed by atoms with E-state index < -0.39 is 36.4 Å². The van der Waals surface area contributed by atoms with Gasteiger partial charge in [-0.3, -0.25) is 0 Å². The summed E-state index contributed by atoms with van der Waals surface area (Å²) in [6.45, 7) is 0. The minimum absolute atomic E-state index is 1.57. The molecular weight excluding hydrogens is 431 g/mol. The SMILES string of the molecule is CO[SiH](OC)OC.CO[SiH](OC)OC.CO[SiH](OC)OC.O=P(O)(O)O. The molecular formula is C9H33O13PSi3. The molecule has 26 heavy (non-hydrogen) atoms. The van der Waals surface area contributed by atoms with Gasteiger partial charge in [0.15, 0.2) is 0 Å². The lowest BCUT2D eigenvalue weighted by molar-refractivity contribution is 0.163. The molecule has 0 aromatic rings. The van der Waals surface area contributed by atoms with E-state index >= 15 is 0 Å². The molecule has 0 aliphatic heterocycles. The second-order valence-corrected chi connectivity index (χ2v) is 10.5. The van der Waals surface area contributed by atoms with Crippen LogP contribution in [0.1, 0.15) is 0 Å². The predicted molar refractivity (Wildman–Crippen MR) is 98.8 cm³/mol. The topological polar surface area (TPSA) is 161 Å². The van der Waals surface area contributed by atoms with Gasteiger partial charge in [-0.25, -0.2) is 4.57 Å². The molecule has 0 saturated heterocycles. The van der Waals surface area contributed by atoms with Gasteiger partial charge >= 0.3 is 36.4 Å². The molecule has 0 atom stereocenters. The van der Waals surface area contributed by atoms with Crippen molar-refractivity contribution < 1.29 is 59.1 Å². The van der Waals surface area contributed by atoms with Crippen molar-refractivity contribution in [1.29, 1.82) is 0 Å². The van der Waals surface area contributed by atoms with Crippen molar-refractivity contribution >= 4 is 36.4 Å². The van der Waals surface area contributed by atoms with Crippen molar-refractivity contribution in [2.24, 2.45) is 0 Å². The molecule has 3 N–H and O–H groups in total. The molecule has 0 radical (unpaired) electrons. The van der Waals surface area contributed by atoms with Gasteiger partial charge in [-0.1, -0.05) is 0 Å². The Morgan fingerprint density at radius 3 is 0.538 bits per heavy atom. The summed E-state index contributed by atoms with van der Waals surface area (Å²) in [6, 6.07) is 0. The van der Waals surface area contributed by atoms with Gasteiger partial charge < -0.3 is 54.5 Å². The Kier molecular flexibility index (Phi) is 33.2. The number of rotatable bonds is 9. The average molecular weight is 465 g/mol. The van der Waals surface area contributed by atoms with Crippen LogP contribution < -0.4 is 0 Å². The minimum Gasteiger partial charge on any atom is -0.379 e. The minimum atomic E-state index is -4.64. The molecule has 0 heterocycles. The van der Waals surface area contributed by atoms with Crippen molar-refractivity contribution in [3.63, 3.8) is 0 Å². The lowest BCUT2D eigenvalue weighted by Crippen LogP contribution is -2.21. The van der Waals surface area contributed by atoms with Gasteiger partial charge in [0.05, 0.1) is 0 Å². The standard InChI is InChI=1S/3C3H10O3Si.H3O4P/c3*1-4-7(5-2)6-3;1-5(2,3)4/h3*7H,1-3H3;(H3,1,2,3,4). The fourth-order valence-electron chi connectivity index (χ4n) is 0.866. The fourth-order valence-corrected chi connectivity index (χ4v) is 2.60. The maximum atomic E-state index is 8.88. The van der Waals surface area contributed by atoms with Crippen molar-refractivity contribution in [1.82, 2.24) is 0 Å². The molecule has 0 unspecified atom stereocenters. The van der Waals surface area contributed by atoms with Gasteiger partial charge in [-0.2, -0.15) is 0 Å². The molecule has 0 saturated carbocycles. The average Bonchev–Trinajstić information content (AvgIpc) is 2.59. The Balaban J connectivity index is -0.000000125. The number of hydrogen-bond donors (Lipinski definition) is 3. The van der Waals surface area contributed by atoms with Gasteiger partial charge in [0.25, 0.3) is 0 Å². The van der Waals surface area contributed by atoms with E-state index in [1.807, 2.05) is 0 Å². The molecule has 0 amide bonds. The number of phosphoric acid groups is 1. The van der Waals surface area contributed by atoms with E-state index in [9.17, 15) is 0 Å². The Morgan fingerprint density at radius 1 is 0.462 bits per heavy atom. The van der Waals surface area contributed by atoms with E-state index in [4.69, 9.17) is 59.1 Å². The summed E-state index contributed by atoms with van der Waals surface area (Å²) in [5.74, 6) is 0. The first-order valence-corrected chi connectivity index (χ1v) is 12.4. The fraction of sp³-hybridized carbons (Fsp3) is 1.00. The quantitative estimate of drug-likeness (QED) is 0.254. The van der Waals surface area contributed by atoms with Crippen LogP contribution in [0.2, 0.25) is 0 Å². The van der Waals surface area contributed by atoms with Crippen molar-refractivity contribution in [3.8, 4) is 0 Å². The largest absolute Gasteiger partial charge is 0.483 e. The molecule has 0 aromatic heterocycles. The first kappa shape index (κ1) is 33.9. The molecule has 17 heteroatoms. The van der Waals surface area contributed by atoms with E-state index in [1.54, 1.807) is 64.0 Å². The van der Waals surface area contributed by atoms with Crippen LogP contribution in [0, 0.1) is 0 Å². The van der Waals surface area contributed by atoms with E-state index in [-0.39, 0.29) is 0 Å². The van der Waals surface area contributed by atoms with E-state index in [0.717, 1.165) is 0 Å². The molecule has 164 valence electrons. The highest BCUT2D eigenvalue weighted by Gasteiger charge is 2.06. The van der Waals surface area contributed by atoms with Crippen LogP contribution in [-0.2, 0) is 44.4 Å². The Bertz CT molecular complexity index is 233. The maximum Gasteiger partial charge on any atom is 0.483 e. The summed E-state index contributed by atoms with van der Waals surface area (Å²) < 4.78 is 51.6.